The Morgan fingerprint density at radius 1 is 1.47 bits per heavy atom. The van der Waals surface area contributed by atoms with Gasteiger partial charge >= 0.3 is 0 Å². The van der Waals surface area contributed by atoms with Crippen molar-refractivity contribution in [2.24, 2.45) is 17.6 Å². The highest BCUT2D eigenvalue weighted by Gasteiger charge is 2.33. The standard InChI is InChI=1S/C12H24N2O/c1-8(2)7-11(13)12(15)14-6-5-9(3)10(14)4/h8-11H,5-7,13H2,1-4H3/t9-,10+,11-/m0/s1. The van der Waals surface area contributed by atoms with Crippen LogP contribution in [0.25, 0.3) is 0 Å². The monoisotopic (exact) mass is 212 g/mol. The summed E-state index contributed by atoms with van der Waals surface area (Å²) in [5.74, 6) is 1.24. The lowest BCUT2D eigenvalue weighted by Crippen LogP contribution is -2.46. The molecule has 0 saturated carbocycles. The first kappa shape index (κ1) is 12.5. The molecular formula is C12H24N2O. The zero-order chi connectivity index (χ0) is 11.6. The molecule has 0 aromatic carbocycles. The summed E-state index contributed by atoms with van der Waals surface area (Å²) in [6.07, 6.45) is 1.90. The van der Waals surface area contributed by atoms with E-state index >= 15 is 0 Å². The third-order valence-electron chi connectivity index (χ3n) is 3.47. The molecule has 0 aromatic heterocycles. The molecule has 0 spiro atoms. The van der Waals surface area contributed by atoms with Crippen molar-refractivity contribution in [3.8, 4) is 0 Å². The lowest BCUT2D eigenvalue weighted by atomic mass is 10.0. The van der Waals surface area contributed by atoms with Gasteiger partial charge in [-0.2, -0.15) is 0 Å². The van der Waals surface area contributed by atoms with Gasteiger partial charge in [0, 0.05) is 12.6 Å². The van der Waals surface area contributed by atoms with Crippen molar-refractivity contribution in [3.05, 3.63) is 0 Å². The molecule has 1 heterocycles. The Hall–Kier alpha value is -0.570. The molecule has 3 nitrogen and oxygen atoms in total. The van der Waals surface area contributed by atoms with Crippen molar-refractivity contribution >= 4 is 5.91 Å². The number of nitrogens with two attached hydrogens (primary N) is 1. The van der Waals surface area contributed by atoms with Crippen LogP contribution in [-0.4, -0.2) is 29.4 Å². The number of rotatable bonds is 3. The van der Waals surface area contributed by atoms with E-state index in [1.165, 1.54) is 0 Å². The average molecular weight is 212 g/mol. The predicted molar refractivity (Wildman–Crippen MR) is 62.4 cm³/mol. The van der Waals surface area contributed by atoms with Gasteiger partial charge in [0.25, 0.3) is 0 Å². The lowest BCUT2D eigenvalue weighted by molar-refractivity contribution is -0.133. The number of carbonyl (C=O) groups excluding carboxylic acids is 1. The minimum atomic E-state index is -0.308. The zero-order valence-corrected chi connectivity index (χ0v) is 10.4. The molecule has 1 fully saturated rings. The number of amides is 1. The summed E-state index contributed by atoms with van der Waals surface area (Å²) in [6.45, 7) is 9.41. The van der Waals surface area contributed by atoms with Crippen molar-refractivity contribution in [1.29, 1.82) is 0 Å². The fourth-order valence-corrected chi connectivity index (χ4v) is 2.23. The molecule has 3 atom stereocenters. The van der Waals surface area contributed by atoms with E-state index in [2.05, 4.69) is 27.7 Å². The fraction of sp³-hybridized carbons (Fsp3) is 0.917. The Morgan fingerprint density at radius 3 is 2.47 bits per heavy atom. The van der Waals surface area contributed by atoms with E-state index in [-0.39, 0.29) is 11.9 Å². The molecule has 0 unspecified atom stereocenters. The number of carbonyl (C=O) groups is 1. The minimum Gasteiger partial charge on any atom is -0.338 e. The van der Waals surface area contributed by atoms with Crippen LogP contribution in [0.15, 0.2) is 0 Å². The molecule has 1 saturated heterocycles. The highest BCUT2D eigenvalue weighted by atomic mass is 16.2. The Morgan fingerprint density at radius 2 is 2.07 bits per heavy atom. The Bertz CT molecular complexity index is 228. The van der Waals surface area contributed by atoms with Crippen LogP contribution >= 0.6 is 0 Å². The van der Waals surface area contributed by atoms with E-state index in [1.807, 2.05) is 4.90 Å². The van der Waals surface area contributed by atoms with Gasteiger partial charge in [-0.1, -0.05) is 20.8 Å². The van der Waals surface area contributed by atoms with Gasteiger partial charge in [-0.05, 0) is 31.6 Å². The Kier molecular flexibility index (Phi) is 4.14. The van der Waals surface area contributed by atoms with Gasteiger partial charge in [-0.3, -0.25) is 4.79 Å². The molecule has 1 rings (SSSR count). The molecular weight excluding hydrogens is 188 g/mol. The van der Waals surface area contributed by atoms with Crippen LogP contribution in [0.5, 0.6) is 0 Å². The number of likely N-dealkylation sites (tertiary alicyclic amines) is 1. The van der Waals surface area contributed by atoms with Crippen molar-refractivity contribution < 1.29 is 4.79 Å². The average Bonchev–Trinajstić information content (AvgIpc) is 2.45. The molecule has 15 heavy (non-hydrogen) atoms. The van der Waals surface area contributed by atoms with Gasteiger partial charge in [-0.15, -0.1) is 0 Å². The van der Waals surface area contributed by atoms with Gasteiger partial charge in [0.05, 0.1) is 6.04 Å². The summed E-state index contributed by atoms with van der Waals surface area (Å²) < 4.78 is 0. The highest BCUT2D eigenvalue weighted by molar-refractivity contribution is 5.82. The SMILES string of the molecule is CC(C)C[C@H](N)C(=O)N1CC[C@H](C)[C@H]1C. The molecule has 88 valence electrons. The molecule has 0 aromatic rings. The maximum Gasteiger partial charge on any atom is 0.239 e. The largest absolute Gasteiger partial charge is 0.338 e. The Balaban J connectivity index is 2.53. The lowest BCUT2D eigenvalue weighted by Gasteiger charge is -2.27. The topological polar surface area (TPSA) is 46.3 Å². The number of hydrogen-bond donors (Lipinski definition) is 1. The molecule has 0 aliphatic carbocycles. The van der Waals surface area contributed by atoms with Gasteiger partial charge in [0.2, 0.25) is 5.91 Å². The van der Waals surface area contributed by atoms with Crippen LogP contribution in [0, 0.1) is 11.8 Å². The van der Waals surface area contributed by atoms with E-state index in [0.29, 0.717) is 17.9 Å². The molecule has 1 aliphatic rings. The Labute approximate surface area is 93.0 Å². The van der Waals surface area contributed by atoms with Crippen molar-refractivity contribution in [2.75, 3.05) is 6.54 Å². The highest BCUT2D eigenvalue weighted by Crippen LogP contribution is 2.24. The van der Waals surface area contributed by atoms with Crippen LogP contribution in [0.3, 0.4) is 0 Å². The number of hydrogen-bond acceptors (Lipinski definition) is 2. The van der Waals surface area contributed by atoms with Crippen molar-refractivity contribution in [2.45, 2.75) is 52.6 Å². The first-order valence-corrected chi connectivity index (χ1v) is 5.99. The van der Waals surface area contributed by atoms with Crippen LogP contribution in [0.4, 0.5) is 0 Å². The summed E-state index contributed by atoms with van der Waals surface area (Å²) >= 11 is 0. The first-order chi connectivity index (χ1) is 6.93. The van der Waals surface area contributed by atoms with Gasteiger partial charge in [0.1, 0.15) is 0 Å². The summed E-state index contributed by atoms with van der Waals surface area (Å²) in [6, 6.07) is 0.0495. The van der Waals surface area contributed by atoms with Crippen molar-refractivity contribution in [3.63, 3.8) is 0 Å². The third kappa shape index (κ3) is 2.94. The number of nitrogens with zero attached hydrogens (tertiary/aromatic N) is 1. The maximum absolute atomic E-state index is 12.0. The smallest absolute Gasteiger partial charge is 0.239 e. The van der Waals surface area contributed by atoms with Crippen molar-refractivity contribution in [1.82, 2.24) is 4.90 Å². The third-order valence-corrected chi connectivity index (χ3v) is 3.47. The van der Waals surface area contributed by atoms with E-state index < -0.39 is 0 Å². The normalized spacial score (nSPS) is 28.5. The minimum absolute atomic E-state index is 0.139. The van der Waals surface area contributed by atoms with Crippen LogP contribution < -0.4 is 5.73 Å². The van der Waals surface area contributed by atoms with Gasteiger partial charge in [0.15, 0.2) is 0 Å². The first-order valence-electron chi connectivity index (χ1n) is 5.99. The predicted octanol–water partition coefficient (Wildman–Crippen LogP) is 1.62. The van der Waals surface area contributed by atoms with E-state index in [9.17, 15) is 4.79 Å². The molecule has 1 aliphatic heterocycles. The second-order valence-corrected chi connectivity index (χ2v) is 5.27. The summed E-state index contributed by atoms with van der Waals surface area (Å²) in [5, 5.41) is 0. The van der Waals surface area contributed by atoms with Crippen LogP contribution in [0.2, 0.25) is 0 Å². The molecule has 0 radical (unpaired) electrons. The zero-order valence-electron chi connectivity index (χ0n) is 10.4. The summed E-state index contributed by atoms with van der Waals surface area (Å²) in [7, 11) is 0. The molecule has 2 N–H and O–H groups in total. The molecule has 1 amide bonds. The van der Waals surface area contributed by atoms with Gasteiger partial charge in [-0.25, -0.2) is 0 Å². The van der Waals surface area contributed by atoms with Gasteiger partial charge < -0.3 is 10.6 Å². The molecule has 0 bridgehead atoms. The van der Waals surface area contributed by atoms with E-state index in [0.717, 1.165) is 19.4 Å². The van der Waals surface area contributed by atoms with Crippen LogP contribution in [-0.2, 0) is 4.79 Å². The summed E-state index contributed by atoms with van der Waals surface area (Å²) in [5.41, 5.74) is 5.91. The second-order valence-electron chi connectivity index (χ2n) is 5.27. The van der Waals surface area contributed by atoms with E-state index in [4.69, 9.17) is 5.73 Å². The van der Waals surface area contributed by atoms with E-state index in [1.54, 1.807) is 0 Å². The summed E-state index contributed by atoms with van der Waals surface area (Å²) in [4.78, 5) is 14.0. The fourth-order valence-electron chi connectivity index (χ4n) is 2.23. The van der Waals surface area contributed by atoms with Crippen LogP contribution in [0.1, 0.15) is 40.5 Å². The maximum atomic E-state index is 12.0. The quantitative estimate of drug-likeness (QED) is 0.772. The molecule has 3 heteroatoms. The second kappa shape index (κ2) is 4.97.